The van der Waals surface area contributed by atoms with Crippen LogP contribution in [0.2, 0.25) is 0 Å². The van der Waals surface area contributed by atoms with Crippen LogP contribution < -0.4 is 5.32 Å². The standard InChI is InChI=1S/C28H55NO6S/c1-3-5-7-9-11-13-14-15-17-18-20-22-26(30)25(24-36(33,34)35)29-28(32)27(31)23-21-19-16-12-10-8-6-4-2/h20,22,25-27,30-31H,3-19,21,23-24H2,1-2H3,(H,29,32)(H,33,34,35)/b22-20+. The third-order valence-electron chi connectivity index (χ3n) is 6.57. The van der Waals surface area contributed by atoms with E-state index in [1.54, 1.807) is 6.08 Å². The van der Waals surface area contributed by atoms with E-state index in [2.05, 4.69) is 19.2 Å². The van der Waals surface area contributed by atoms with E-state index in [4.69, 9.17) is 0 Å². The monoisotopic (exact) mass is 533 g/mol. The third-order valence-corrected chi connectivity index (χ3v) is 7.35. The fourth-order valence-electron chi connectivity index (χ4n) is 4.28. The van der Waals surface area contributed by atoms with Crippen LogP contribution in [0.5, 0.6) is 0 Å². The maximum atomic E-state index is 12.4. The first-order chi connectivity index (χ1) is 17.2. The van der Waals surface area contributed by atoms with Crippen LogP contribution >= 0.6 is 0 Å². The summed E-state index contributed by atoms with van der Waals surface area (Å²) in [5.41, 5.74) is 0. The van der Waals surface area contributed by atoms with Gasteiger partial charge in [0.1, 0.15) is 6.10 Å². The number of unbranched alkanes of at least 4 members (excludes halogenated alkanes) is 16. The van der Waals surface area contributed by atoms with Gasteiger partial charge in [-0.1, -0.05) is 129 Å². The van der Waals surface area contributed by atoms with Gasteiger partial charge in [0.25, 0.3) is 10.1 Å². The minimum atomic E-state index is -4.42. The second-order valence-electron chi connectivity index (χ2n) is 10.2. The molecule has 0 aromatic carbocycles. The highest BCUT2D eigenvalue weighted by atomic mass is 32.2. The predicted molar refractivity (Wildman–Crippen MR) is 149 cm³/mol. The molecular weight excluding hydrogens is 478 g/mol. The summed E-state index contributed by atoms with van der Waals surface area (Å²) < 4.78 is 32.1. The highest BCUT2D eigenvalue weighted by Gasteiger charge is 2.27. The zero-order chi connectivity index (χ0) is 27.1. The number of carbonyl (C=O) groups excluding carboxylic acids is 1. The van der Waals surface area contributed by atoms with Gasteiger partial charge in [-0.2, -0.15) is 8.42 Å². The molecule has 7 nitrogen and oxygen atoms in total. The first-order valence-corrected chi connectivity index (χ1v) is 16.1. The molecule has 0 radical (unpaired) electrons. The Morgan fingerprint density at radius 1 is 0.750 bits per heavy atom. The second kappa shape index (κ2) is 23.2. The molecule has 0 fully saturated rings. The van der Waals surface area contributed by atoms with Crippen molar-refractivity contribution in [3.8, 4) is 0 Å². The van der Waals surface area contributed by atoms with Crippen molar-refractivity contribution < 1.29 is 28.0 Å². The zero-order valence-electron chi connectivity index (χ0n) is 23.0. The van der Waals surface area contributed by atoms with Gasteiger partial charge in [0.2, 0.25) is 5.91 Å². The average molecular weight is 534 g/mol. The lowest BCUT2D eigenvalue weighted by atomic mass is 10.0. The number of hydrogen-bond donors (Lipinski definition) is 4. The van der Waals surface area contributed by atoms with E-state index in [1.807, 2.05) is 0 Å². The molecule has 214 valence electrons. The molecule has 0 aliphatic heterocycles. The molecule has 0 rings (SSSR count). The van der Waals surface area contributed by atoms with E-state index in [0.29, 0.717) is 6.42 Å². The normalized spacial score (nSPS) is 14.7. The fourth-order valence-corrected chi connectivity index (χ4v) is 5.01. The van der Waals surface area contributed by atoms with Crippen molar-refractivity contribution in [2.45, 2.75) is 154 Å². The van der Waals surface area contributed by atoms with E-state index in [1.165, 1.54) is 76.7 Å². The summed E-state index contributed by atoms with van der Waals surface area (Å²) in [6.07, 6.45) is 21.4. The smallest absolute Gasteiger partial charge is 0.267 e. The molecule has 0 aromatic heterocycles. The van der Waals surface area contributed by atoms with Gasteiger partial charge in [0.15, 0.2) is 0 Å². The minimum absolute atomic E-state index is 0.282. The number of aliphatic hydroxyl groups is 2. The molecule has 1 amide bonds. The quantitative estimate of drug-likeness (QED) is 0.0640. The summed E-state index contributed by atoms with van der Waals surface area (Å²) in [5.74, 6) is -1.54. The number of carbonyl (C=O) groups is 1. The summed E-state index contributed by atoms with van der Waals surface area (Å²) in [4.78, 5) is 12.4. The van der Waals surface area contributed by atoms with Gasteiger partial charge in [0, 0.05) is 0 Å². The maximum absolute atomic E-state index is 12.4. The van der Waals surface area contributed by atoms with E-state index in [9.17, 15) is 28.0 Å². The summed E-state index contributed by atoms with van der Waals surface area (Å²) in [7, 11) is -4.42. The lowest BCUT2D eigenvalue weighted by Crippen LogP contribution is -2.50. The molecule has 0 saturated carbocycles. The first-order valence-electron chi connectivity index (χ1n) is 14.5. The highest BCUT2D eigenvalue weighted by Crippen LogP contribution is 2.13. The Bertz CT molecular complexity index is 652. The number of hydrogen-bond acceptors (Lipinski definition) is 5. The molecule has 0 heterocycles. The van der Waals surface area contributed by atoms with Crippen molar-refractivity contribution in [2.75, 3.05) is 5.75 Å². The van der Waals surface area contributed by atoms with Gasteiger partial charge in [-0.3, -0.25) is 9.35 Å². The van der Waals surface area contributed by atoms with Crippen LogP contribution in [0.3, 0.4) is 0 Å². The molecule has 3 unspecified atom stereocenters. The van der Waals surface area contributed by atoms with Gasteiger partial charge in [-0.05, 0) is 19.3 Å². The largest absolute Gasteiger partial charge is 0.387 e. The van der Waals surface area contributed by atoms with Crippen LogP contribution in [0.1, 0.15) is 136 Å². The molecule has 36 heavy (non-hydrogen) atoms. The number of nitrogens with one attached hydrogen (secondary N) is 1. The molecule has 0 aliphatic rings. The van der Waals surface area contributed by atoms with E-state index >= 15 is 0 Å². The van der Waals surface area contributed by atoms with Gasteiger partial charge in [0.05, 0.1) is 17.9 Å². The van der Waals surface area contributed by atoms with E-state index in [0.717, 1.165) is 38.5 Å². The maximum Gasteiger partial charge on any atom is 0.267 e. The van der Waals surface area contributed by atoms with Crippen molar-refractivity contribution >= 4 is 16.0 Å². The zero-order valence-corrected chi connectivity index (χ0v) is 23.8. The van der Waals surface area contributed by atoms with Gasteiger partial charge in [-0.15, -0.1) is 0 Å². The molecule has 0 aliphatic carbocycles. The molecule has 0 aromatic rings. The van der Waals surface area contributed by atoms with Crippen LogP contribution in [0, 0.1) is 0 Å². The lowest BCUT2D eigenvalue weighted by Gasteiger charge is -2.22. The highest BCUT2D eigenvalue weighted by molar-refractivity contribution is 7.85. The number of rotatable bonds is 25. The summed E-state index contributed by atoms with van der Waals surface area (Å²) in [6.45, 7) is 4.40. The van der Waals surface area contributed by atoms with E-state index < -0.39 is 40.0 Å². The van der Waals surface area contributed by atoms with Crippen LogP contribution in [0.4, 0.5) is 0 Å². The molecule has 4 N–H and O–H groups in total. The Labute approximate surface area is 221 Å². The van der Waals surface area contributed by atoms with Crippen LogP contribution in [-0.4, -0.2) is 53.1 Å². The van der Waals surface area contributed by atoms with Crippen molar-refractivity contribution in [1.29, 1.82) is 0 Å². The lowest BCUT2D eigenvalue weighted by molar-refractivity contribution is -0.130. The fraction of sp³-hybridized carbons (Fsp3) is 0.893. The molecule has 0 spiro atoms. The number of amides is 1. The molecule has 0 saturated heterocycles. The van der Waals surface area contributed by atoms with Gasteiger partial charge < -0.3 is 15.5 Å². The third kappa shape index (κ3) is 22.3. The number of aliphatic hydroxyl groups excluding tert-OH is 2. The summed E-state index contributed by atoms with van der Waals surface area (Å²) in [5, 5.41) is 23.0. The van der Waals surface area contributed by atoms with Gasteiger partial charge >= 0.3 is 0 Å². The Balaban J connectivity index is 4.32. The van der Waals surface area contributed by atoms with Crippen molar-refractivity contribution in [1.82, 2.24) is 5.32 Å². The number of allylic oxidation sites excluding steroid dienone is 1. The van der Waals surface area contributed by atoms with Crippen molar-refractivity contribution in [3.05, 3.63) is 12.2 Å². The topological polar surface area (TPSA) is 124 Å². The van der Waals surface area contributed by atoms with Crippen LogP contribution in [0.25, 0.3) is 0 Å². The molecule has 0 bridgehead atoms. The summed E-state index contributed by atoms with van der Waals surface area (Å²) >= 11 is 0. The predicted octanol–water partition coefficient (Wildman–Crippen LogP) is 6.09. The first kappa shape index (κ1) is 35.0. The van der Waals surface area contributed by atoms with Crippen molar-refractivity contribution in [3.63, 3.8) is 0 Å². The molecule has 3 atom stereocenters. The Morgan fingerprint density at radius 3 is 1.67 bits per heavy atom. The summed E-state index contributed by atoms with van der Waals surface area (Å²) in [6, 6.07) is -1.22. The van der Waals surface area contributed by atoms with Gasteiger partial charge in [-0.25, -0.2) is 0 Å². The Kier molecular flexibility index (Phi) is 22.6. The second-order valence-corrected chi connectivity index (χ2v) is 11.7. The van der Waals surface area contributed by atoms with Crippen LogP contribution in [0.15, 0.2) is 12.2 Å². The minimum Gasteiger partial charge on any atom is -0.387 e. The molecular formula is C28H55NO6S. The van der Waals surface area contributed by atoms with Crippen LogP contribution in [-0.2, 0) is 14.9 Å². The Morgan fingerprint density at radius 2 is 1.19 bits per heavy atom. The molecule has 8 heteroatoms. The SMILES string of the molecule is CCCCCCCCCCC/C=C/C(O)C(CS(=O)(=O)O)NC(=O)C(O)CCCCCCCCCC. The van der Waals surface area contributed by atoms with E-state index in [-0.39, 0.29) is 6.42 Å². The average Bonchev–Trinajstić information content (AvgIpc) is 2.82. The van der Waals surface area contributed by atoms with Crippen molar-refractivity contribution in [2.24, 2.45) is 0 Å². The Hall–Kier alpha value is -0.960.